The van der Waals surface area contributed by atoms with Gasteiger partial charge in [-0.25, -0.2) is 0 Å². The van der Waals surface area contributed by atoms with E-state index >= 15 is 0 Å². The zero-order valence-corrected chi connectivity index (χ0v) is 38.3. The summed E-state index contributed by atoms with van der Waals surface area (Å²) in [4.78, 5) is 9.36. The van der Waals surface area contributed by atoms with Crippen LogP contribution in [0.4, 0.5) is 0 Å². The van der Waals surface area contributed by atoms with Crippen molar-refractivity contribution in [3.05, 3.63) is 242 Å². The second kappa shape index (κ2) is 17.4. The third-order valence-electron chi connectivity index (χ3n) is 13.9. The third kappa shape index (κ3) is 7.34. The van der Waals surface area contributed by atoms with Gasteiger partial charge >= 0.3 is 0 Å². The maximum Gasteiger partial charge on any atom is 0.0859 e. The third-order valence-corrected chi connectivity index (χ3v) is 13.9. The summed E-state index contributed by atoms with van der Waals surface area (Å²) in [6, 6.07) is 64.5. The van der Waals surface area contributed by atoms with E-state index in [-0.39, 0.29) is 0 Å². The highest BCUT2D eigenvalue weighted by Gasteiger charge is 2.25. The van der Waals surface area contributed by atoms with Gasteiger partial charge in [-0.2, -0.15) is 0 Å². The molecule has 0 amide bonds. The van der Waals surface area contributed by atoms with Gasteiger partial charge in [0.25, 0.3) is 0 Å². The molecule has 8 aromatic carbocycles. The van der Waals surface area contributed by atoms with E-state index in [9.17, 15) is 0 Å². The molecule has 69 heavy (non-hydrogen) atoms. The van der Waals surface area contributed by atoms with Crippen LogP contribution in [-0.4, -0.2) is 9.97 Å². The number of rotatable bonds is 11. The van der Waals surface area contributed by atoms with E-state index in [1.54, 1.807) is 6.20 Å². The molecule has 4 N–H and O–H groups in total. The van der Waals surface area contributed by atoms with E-state index in [1.807, 2.05) is 55.7 Å². The Morgan fingerprint density at radius 3 is 1.55 bits per heavy atom. The Morgan fingerprint density at radius 1 is 0.478 bits per heavy atom. The minimum Gasteiger partial charge on any atom is -0.404 e. The number of pyridine rings is 2. The number of fused-ring (bicyclic) bond motifs is 6. The molecule has 2 aliphatic carbocycles. The molecule has 0 bridgehead atoms. The monoisotopic (exact) mass is 884 g/mol. The van der Waals surface area contributed by atoms with Crippen LogP contribution < -0.4 is 11.5 Å². The van der Waals surface area contributed by atoms with Gasteiger partial charge in [-0.05, 0) is 196 Å². The topological polar surface area (TPSA) is 77.8 Å². The Kier molecular flexibility index (Phi) is 10.5. The maximum atomic E-state index is 6.55. The highest BCUT2D eigenvalue weighted by atomic mass is 14.7. The fourth-order valence-corrected chi connectivity index (χ4v) is 10.6. The predicted octanol–water partition coefficient (Wildman–Crippen LogP) is 16.1. The van der Waals surface area contributed by atoms with Gasteiger partial charge in [0.15, 0.2) is 0 Å². The molecule has 2 aliphatic rings. The first-order chi connectivity index (χ1) is 34.0. The largest absolute Gasteiger partial charge is 0.404 e. The Labute approximate surface area is 403 Å². The summed E-state index contributed by atoms with van der Waals surface area (Å²) < 4.78 is 0. The molecule has 0 spiro atoms. The van der Waals surface area contributed by atoms with E-state index in [2.05, 4.69) is 175 Å². The van der Waals surface area contributed by atoms with Gasteiger partial charge in [0.1, 0.15) is 0 Å². The van der Waals surface area contributed by atoms with Gasteiger partial charge < -0.3 is 11.5 Å². The van der Waals surface area contributed by atoms with Crippen molar-refractivity contribution in [2.45, 2.75) is 19.8 Å². The molecule has 0 atom stereocenters. The second-order valence-corrected chi connectivity index (χ2v) is 17.9. The molecular formula is C65H48N4. The summed E-state index contributed by atoms with van der Waals surface area (Å²) in [6.45, 7) is 1.97. The molecule has 4 nitrogen and oxygen atoms in total. The molecule has 2 aromatic heterocycles. The van der Waals surface area contributed by atoms with Crippen LogP contribution in [-0.2, 0) is 6.42 Å². The molecule has 4 heteroatoms. The molecule has 2 heterocycles. The van der Waals surface area contributed by atoms with Crippen molar-refractivity contribution in [2.24, 2.45) is 11.5 Å². The lowest BCUT2D eigenvalue weighted by Gasteiger charge is -2.17. The number of benzene rings is 8. The predicted molar refractivity (Wildman–Crippen MR) is 291 cm³/mol. The normalized spacial score (nSPS) is 12.7. The molecule has 0 saturated carbocycles. The Morgan fingerprint density at radius 2 is 1.00 bits per heavy atom. The smallest absolute Gasteiger partial charge is 0.0859 e. The molecule has 0 fully saturated rings. The average molecular weight is 885 g/mol. The van der Waals surface area contributed by atoms with Gasteiger partial charge in [0.05, 0.1) is 11.4 Å². The van der Waals surface area contributed by atoms with Crippen molar-refractivity contribution >= 4 is 32.8 Å². The summed E-state index contributed by atoms with van der Waals surface area (Å²) in [5, 5.41) is 5.10. The lowest BCUT2D eigenvalue weighted by atomic mass is 9.87. The highest BCUT2D eigenvalue weighted by Crippen LogP contribution is 2.52. The van der Waals surface area contributed by atoms with Crippen molar-refractivity contribution in [1.82, 2.24) is 9.97 Å². The molecule has 0 unspecified atom stereocenters. The lowest BCUT2D eigenvalue weighted by Crippen LogP contribution is -1.99. The molecule has 0 aliphatic heterocycles. The number of hydrogen-bond acceptors (Lipinski definition) is 4. The average Bonchev–Trinajstić information content (AvgIpc) is 3.92. The minimum atomic E-state index is 0.614. The van der Waals surface area contributed by atoms with Crippen molar-refractivity contribution in [2.75, 3.05) is 0 Å². The number of hydrogen-bond donors (Lipinski definition) is 2. The molecule has 328 valence electrons. The van der Waals surface area contributed by atoms with Gasteiger partial charge in [-0.15, -0.1) is 0 Å². The van der Waals surface area contributed by atoms with Crippen molar-refractivity contribution in [3.63, 3.8) is 0 Å². The Hall–Kier alpha value is -8.86. The maximum absolute atomic E-state index is 6.55. The SMILES string of the molecule is C/C=C\C=C(/N)c1ccc(-c2cc(/C(=C/N)C/C=C\Cc3ccccn3)cc(-c3cc(-c4ccc5c6c(cccc46)-c4ccccc4-5)cc(-c4ccc5c6c(cccc46)-c4ccccc4-5)c3)c2)cn1. The Balaban J connectivity index is 1.06. The quantitative estimate of drug-likeness (QED) is 0.100. The minimum absolute atomic E-state index is 0.614. The van der Waals surface area contributed by atoms with Crippen molar-refractivity contribution < 1.29 is 0 Å². The first-order valence-corrected chi connectivity index (χ1v) is 23.7. The van der Waals surface area contributed by atoms with Crippen LogP contribution in [0.25, 0.3) is 122 Å². The zero-order valence-electron chi connectivity index (χ0n) is 38.3. The molecule has 10 aromatic rings. The van der Waals surface area contributed by atoms with Crippen LogP contribution in [0, 0.1) is 0 Å². The van der Waals surface area contributed by atoms with E-state index in [4.69, 9.17) is 16.5 Å². The molecule has 0 saturated heterocycles. The van der Waals surface area contributed by atoms with Crippen molar-refractivity contribution in [3.8, 4) is 89.0 Å². The van der Waals surface area contributed by atoms with Gasteiger partial charge in [0.2, 0.25) is 0 Å². The highest BCUT2D eigenvalue weighted by molar-refractivity contribution is 6.20. The summed E-state index contributed by atoms with van der Waals surface area (Å²) >= 11 is 0. The first-order valence-electron chi connectivity index (χ1n) is 23.7. The van der Waals surface area contributed by atoms with E-state index in [0.717, 1.165) is 62.3 Å². The van der Waals surface area contributed by atoms with Crippen LogP contribution in [0.1, 0.15) is 30.3 Å². The molecule has 12 rings (SSSR count). The zero-order chi connectivity index (χ0) is 46.4. The van der Waals surface area contributed by atoms with E-state index in [1.165, 1.54) is 77.2 Å². The van der Waals surface area contributed by atoms with Crippen molar-refractivity contribution in [1.29, 1.82) is 0 Å². The fraction of sp³-hybridized carbons (Fsp3) is 0.0462. The van der Waals surface area contributed by atoms with Gasteiger partial charge in [-0.1, -0.05) is 146 Å². The standard InChI is InChI=1S/C65H48N4/c1-2-3-25-62(67)63-31-26-42(40-69-63)44-33-43(41(39-66)14-4-5-15-49-16-10-11-32-68-49)34-45(35-44)46-36-47(50-27-29-60-54-19-8-6-17-52(54)58-23-12-21-56(50)64(58)60)38-48(37-46)51-28-30-61-55-20-9-7-18-53(55)59-24-13-22-57(51)65(59)61/h2-13,16-40H,14-15,66-67H2,1H3/b3-2-,5-4-,41-39+,62-25-. The van der Waals surface area contributed by atoms with Crippen LogP contribution in [0.2, 0.25) is 0 Å². The Bertz CT molecular complexity index is 3590. The van der Waals surface area contributed by atoms with E-state index < -0.39 is 0 Å². The van der Waals surface area contributed by atoms with Crippen LogP contribution in [0.15, 0.2) is 225 Å². The number of nitrogens with zero attached hydrogens (tertiary/aromatic N) is 2. The number of aromatic nitrogens is 2. The fourth-order valence-electron chi connectivity index (χ4n) is 10.6. The van der Waals surface area contributed by atoms with Crippen LogP contribution in [0.5, 0.6) is 0 Å². The van der Waals surface area contributed by atoms with Gasteiger partial charge in [0, 0.05) is 30.1 Å². The molecular weight excluding hydrogens is 837 g/mol. The van der Waals surface area contributed by atoms with E-state index in [0.29, 0.717) is 12.1 Å². The number of nitrogens with two attached hydrogens (primary N) is 2. The summed E-state index contributed by atoms with van der Waals surface area (Å²) in [7, 11) is 0. The lowest BCUT2D eigenvalue weighted by molar-refractivity contribution is 1.10. The summed E-state index contributed by atoms with van der Waals surface area (Å²) in [5.41, 5.74) is 36.6. The first kappa shape index (κ1) is 41.6. The summed E-state index contributed by atoms with van der Waals surface area (Å²) in [5.74, 6) is 0. The summed E-state index contributed by atoms with van der Waals surface area (Å²) in [6.07, 6.45) is 17.0. The van der Waals surface area contributed by atoms with Gasteiger partial charge in [-0.3, -0.25) is 9.97 Å². The van der Waals surface area contributed by atoms with Crippen LogP contribution >= 0.6 is 0 Å². The molecule has 0 radical (unpaired) electrons. The second-order valence-electron chi connectivity index (χ2n) is 17.9. The number of allylic oxidation sites excluding steroid dienone is 6. The van der Waals surface area contributed by atoms with Crippen LogP contribution in [0.3, 0.4) is 0 Å².